The van der Waals surface area contributed by atoms with Gasteiger partial charge in [0, 0.05) is 18.7 Å². The topological polar surface area (TPSA) is 38.5 Å². The molecule has 3 nitrogen and oxygen atoms in total. The second-order valence-electron chi connectivity index (χ2n) is 5.90. The first-order valence-electron chi connectivity index (χ1n) is 7.35. The van der Waals surface area contributed by atoms with Crippen molar-refractivity contribution in [3.8, 4) is 0 Å². The molecule has 1 unspecified atom stereocenters. The number of hydrogen-bond acceptors (Lipinski definition) is 3. The number of likely N-dealkylation sites (tertiary alicyclic amines) is 1. The minimum absolute atomic E-state index is 0.178. The number of piperidine rings is 1. The van der Waals surface area contributed by atoms with Crippen molar-refractivity contribution < 1.29 is 4.74 Å². The minimum Gasteiger partial charge on any atom is -0.377 e. The van der Waals surface area contributed by atoms with E-state index in [1.807, 2.05) is 0 Å². The molecule has 0 aromatic carbocycles. The van der Waals surface area contributed by atoms with E-state index in [-0.39, 0.29) is 5.54 Å². The van der Waals surface area contributed by atoms with Crippen molar-refractivity contribution in [2.75, 3.05) is 26.2 Å². The van der Waals surface area contributed by atoms with E-state index in [9.17, 15) is 0 Å². The monoisotopic (exact) mass is 240 g/mol. The minimum atomic E-state index is 0.178. The first-order valence-corrected chi connectivity index (χ1v) is 7.35. The molecule has 0 radical (unpaired) electrons. The summed E-state index contributed by atoms with van der Waals surface area (Å²) in [6.45, 7) is 6.62. The van der Waals surface area contributed by atoms with Crippen molar-refractivity contribution >= 4 is 0 Å². The summed E-state index contributed by atoms with van der Waals surface area (Å²) in [6.07, 6.45) is 9.09. The summed E-state index contributed by atoms with van der Waals surface area (Å²) in [5.41, 5.74) is 6.45. The predicted octanol–water partition coefficient (Wildman–Crippen LogP) is 2.15. The molecule has 0 amide bonds. The lowest BCUT2D eigenvalue weighted by atomic mass is 9.75. The summed E-state index contributed by atoms with van der Waals surface area (Å²) in [6, 6.07) is 0. The van der Waals surface area contributed by atoms with Crippen LogP contribution in [-0.2, 0) is 4.74 Å². The van der Waals surface area contributed by atoms with Gasteiger partial charge >= 0.3 is 0 Å². The Balaban J connectivity index is 1.66. The van der Waals surface area contributed by atoms with Crippen LogP contribution in [0, 0.1) is 0 Å². The van der Waals surface area contributed by atoms with E-state index < -0.39 is 0 Å². The van der Waals surface area contributed by atoms with Gasteiger partial charge in [0.25, 0.3) is 0 Å². The fourth-order valence-electron chi connectivity index (χ4n) is 2.90. The zero-order chi connectivity index (χ0) is 12.1. The van der Waals surface area contributed by atoms with E-state index in [4.69, 9.17) is 10.5 Å². The average molecular weight is 240 g/mol. The quantitative estimate of drug-likeness (QED) is 0.773. The largest absolute Gasteiger partial charge is 0.377 e. The number of hydrogen-bond donors (Lipinski definition) is 1. The van der Waals surface area contributed by atoms with Gasteiger partial charge in [0.1, 0.15) is 0 Å². The third-order valence-electron chi connectivity index (χ3n) is 4.30. The lowest BCUT2D eigenvalue weighted by Gasteiger charge is -2.41. The second-order valence-corrected chi connectivity index (χ2v) is 5.90. The van der Waals surface area contributed by atoms with E-state index in [0.29, 0.717) is 6.10 Å². The van der Waals surface area contributed by atoms with E-state index in [1.165, 1.54) is 51.6 Å². The highest BCUT2D eigenvalue weighted by atomic mass is 16.5. The fraction of sp³-hybridized carbons (Fsp3) is 1.00. The van der Waals surface area contributed by atoms with Gasteiger partial charge in [-0.1, -0.05) is 6.92 Å². The van der Waals surface area contributed by atoms with Gasteiger partial charge in [0.15, 0.2) is 0 Å². The van der Waals surface area contributed by atoms with Crippen LogP contribution in [0.2, 0.25) is 0 Å². The summed E-state index contributed by atoms with van der Waals surface area (Å²) < 4.78 is 5.86. The van der Waals surface area contributed by atoms with Gasteiger partial charge in [-0.2, -0.15) is 0 Å². The Morgan fingerprint density at radius 2 is 2.18 bits per heavy atom. The van der Waals surface area contributed by atoms with Crippen LogP contribution in [0.1, 0.15) is 51.9 Å². The third-order valence-corrected chi connectivity index (χ3v) is 4.30. The molecule has 1 aliphatic heterocycles. The summed E-state index contributed by atoms with van der Waals surface area (Å²) in [5, 5.41) is 0. The third kappa shape index (κ3) is 3.94. The molecule has 2 aliphatic rings. The van der Waals surface area contributed by atoms with E-state index >= 15 is 0 Å². The zero-order valence-corrected chi connectivity index (χ0v) is 11.3. The highest BCUT2D eigenvalue weighted by molar-refractivity contribution is 4.93. The van der Waals surface area contributed by atoms with Crippen LogP contribution in [-0.4, -0.2) is 42.8 Å². The Bertz CT molecular complexity index is 228. The van der Waals surface area contributed by atoms with Crippen LogP contribution in [0.5, 0.6) is 0 Å². The lowest BCUT2D eigenvalue weighted by Crippen LogP contribution is -2.50. The standard InChI is InChI=1S/C14H28N2O/c1-2-11-17-13-5-3-9-16(12-13)10-8-14(15)6-4-7-14/h13H,2-12,15H2,1H3. The maximum Gasteiger partial charge on any atom is 0.0702 e. The molecule has 2 rings (SSSR count). The first-order chi connectivity index (χ1) is 8.22. The summed E-state index contributed by atoms with van der Waals surface area (Å²) >= 11 is 0. The number of nitrogens with two attached hydrogens (primary N) is 1. The van der Waals surface area contributed by atoms with Crippen molar-refractivity contribution in [1.29, 1.82) is 0 Å². The van der Waals surface area contributed by atoms with Gasteiger partial charge in [-0.05, 0) is 58.0 Å². The average Bonchev–Trinajstić information content (AvgIpc) is 2.32. The van der Waals surface area contributed by atoms with Gasteiger partial charge in [-0.25, -0.2) is 0 Å². The van der Waals surface area contributed by atoms with Crippen LogP contribution < -0.4 is 5.73 Å². The van der Waals surface area contributed by atoms with Crippen LogP contribution in [0.3, 0.4) is 0 Å². The van der Waals surface area contributed by atoms with E-state index in [2.05, 4.69) is 11.8 Å². The molecular weight excluding hydrogens is 212 g/mol. The van der Waals surface area contributed by atoms with Gasteiger partial charge in [0.05, 0.1) is 6.10 Å². The predicted molar refractivity (Wildman–Crippen MR) is 71.1 cm³/mol. The molecule has 0 aromatic heterocycles. The van der Waals surface area contributed by atoms with Crippen molar-refractivity contribution in [3.05, 3.63) is 0 Å². The van der Waals surface area contributed by atoms with Crippen LogP contribution in [0.15, 0.2) is 0 Å². The Labute approximate surface area is 106 Å². The van der Waals surface area contributed by atoms with Gasteiger partial charge < -0.3 is 15.4 Å². The second kappa shape index (κ2) is 6.17. The highest BCUT2D eigenvalue weighted by Crippen LogP contribution is 2.32. The molecule has 2 fully saturated rings. The molecule has 17 heavy (non-hydrogen) atoms. The number of ether oxygens (including phenoxy) is 1. The Morgan fingerprint density at radius 1 is 1.35 bits per heavy atom. The molecule has 1 saturated heterocycles. The molecule has 1 saturated carbocycles. The Morgan fingerprint density at radius 3 is 2.82 bits per heavy atom. The van der Waals surface area contributed by atoms with Crippen molar-refractivity contribution in [2.24, 2.45) is 5.73 Å². The van der Waals surface area contributed by atoms with Crippen molar-refractivity contribution in [2.45, 2.75) is 63.5 Å². The van der Waals surface area contributed by atoms with E-state index in [0.717, 1.165) is 19.6 Å². The van der Waals surface area contributed by atoms with Crippen LogP contribution in [0.25, 0.3) is 0 Å². The molecule has 0 aromatic rings. The van der Waals surface area contributed by atoms with Crippen molar-refractivity contribution in [3.63, 3.8) is 0 Å². The van der Waals surface area contributed by atoms with Crippen LogP contribution >= 0.6 is 0 Å². The number of rotatable bonds is 6. The summed E-state index contributed by atoms with van der Waals surface area (Å²) in [4.78, 5) is 2.55. The van der Waals surface area contributed by atoms with E-state index in [1.54, 1.807) is 0 Å². The van der Waals surface area contributed by atoms with Crippen LogP contribution in [0.4, 0.5) is 0 Å². The maximum absolute atomic E-state index is 6.28. The lowest BCUT2D eigenvalue weighted by molar-refractivity contribution is -0.00292. The van der Waals surface area contributed by atoms with Crippen molar-refractivity contribution in [1.82, 2.24) is 4.90 Å². The highest BCUT2D eigenvalue weighted by Gasteiger charge is 2.33. The molecule has 2 N–H and O–H groups in total. The molecule has 0 spiro atoms. The molecule has 1 heterocycles. The fourth-order valence-corrected chi connectivity index (χ4v) is 2.90. The molecule has 100 valence electrons. The normalized spacial score (nSPS) is 28.9. The van der Waals surface area contributed by atoms with Gasteiger partial charge in [0.2, 0.25) is 0 Å². The molecule has 1 aliphatic carbocycles. The summed E-state index contributed by atoms with van der Waals surface area (Å²) in [7, 11) is 0. The Hall–Kier alpha value is -0.120. The molecule has 3 heteroatoms. The molecule has 1 atom stereocenters. The first kappa shape index (κ1) is 13.3. The molecular formula is C14H28N2O. The maximum atomic E-state index is 6.28. The molecule has 0 bridgehead atoms. The van der Waals surface area contributed by atoms with Gasteiger partial charge in [-0.3, -0.25) is 0 Å². The SMILES string of the molecule is CCCOC1CCCN(CCC2(N)CCC2)C1. The Kier molecular flexibility index (Phi) is 4.83. The van der Waals surface area contributed by atoms with Gasteiger partial charge in [-0.15, -0.1) is 0 Å². The zero-order valence-electron chi connectivity index (χ0n) is 11.3. The summed E-state index contributed by atoms with van der Waals surface area (Å²) in [5.74, 6) is 0. The number of nitrogens with zero attached hydrogens (tertiary/aromatic N) is 1. The smallest absolute Gasteiger partial charge is 0.0702 e.